The maximum Gasteiger partial charge on any atom is 0.242 e. The molecule has 1 aromatic rings. The second kappa shape index (κ2) is 5.22. The zero-order valence-corrected chi connectivity index (χ0v) is 11.4. The average Bonchev–Trinajstić information content (AvgIpc) is 2.41. The first-order valence-electron chi connectivity index (χ1n) is 6.38. The van der Waals surface area contributed by atoms with Crippen LogP contribution in [-0.2, 0) is 4.79 Å². The molecular weight excluding hydrogens is 242 g/mol. The molecule has 1 saturated heterocycles. The molecule has 19 heavy (non-hydrogen) atoms. The van der Waals surface area contributed by atoms with Crippen molar-refractivity contribution in [2.24, 2.45) is 0 Å². The molecule has 1 amide bonds. The molecule has 0 aromatic carbocycles. The van der Waals surface area contributed by atoms with Gasteiger partial charge < -0.3 is 10.2 Å². The molecule has 0 aliphatic carbocycles. The fourth-order valence-electron chi connectivity index (χ4n) is 2.30. The molecule has 0 radical (unpaired) electrons. The maximum atomic E-state index is 11.9. The van der Waals surface area contributed by atoms with Gasteiger partial charge in [0.15, 0.2) is 5.82 Å². The number of piperazine rings is 1. The quantitative estimate of drug-likeness (QED) is 0.844. The number of carbonyl (C=O) groups is 1. The predicted octanol–water partition coefficient (Wildman–Crippen LogP) is 0.680. The molecule has 2 heterocycles. The van der Waals surface area contributed by atoms with Crippen LogP contribution in [0.2, 0.25) is 0 Å². The van der Waals surface area contributed by atoms with E-state index in [4.69, 9.17) is 0 Å². The minimum absolute atomic E-state index is 0.0160. The highest BCUT2D eigenvalue weighted by atomic mass is 16.2. The number of anilines is 1. The first-order chi connectivity index (χ1) is 9.10. The van der Waals surface area contributed by atoms with Crippen molar-refractivity contribution in [3.05, 3.63) is 16.8 Å². The molecule has 0 saturated carbocycles. The highest BCUT2D eigenvalue weighted by molar-refractivity contribution is 5.86. The second-order valence-electron chi connectivity index (χ2n) is 4.63. The lowest BCUT2D eigenvalue weighted by Crippen LogP contribution is -2.55. The summed E-state index contributed by atoms with van der Waals surface area (Å²) in [7, 11) is 0. The third kappa shape index (κ3) is 2.24. The van der Waals surface area contributed by atoms with Crippen LogP contribution in [0.1, 0.15) is 30.2 Å². The molecule has 1 atom stereocenters. The van der Waals surface area contributed by atoms with Gasteiger partial charge >= 0.3 is 0 Å². The number of nitrogens with one attached hydrogen (secondary N) is 1. The van der Waals surface area contributed by atoms with Crippen molar-refractivity contribution in [1.29, 1.82) is 5.26 Å². The lowest BCUT2D eigenvalue weighted by molar-refractivity contribution is -0.123. The van der Waals surface area contributed by atoms with Gasteiger partial charge in [-0.3, -0.25) is 4.79 Å². The molecule has 1 unspecified atom stereocenters. The number of aromatic nitrogens is 2. The van der Waals surface area contributed by atoms with Crippen molar-refractivity contribution in [3.63, 3.8) is 0 Å². The van der Waals surface area contributed by atoms with E-state index in [1.54, 1.807) is 0 Å². The van der Waals surface area contributed by atoms with Crippen LogP contribution in [0.3, 0.4) is 0 Å². The minimum atomic E-state index is -0.280. The molecule has 6 heteroatoms. The molecule has 6 nitrogen and oxygen atoms in total. The van der Waals surface area contributed by atoms with Gasteiger partial charge in [-0.2, -0.15) is 10.4 Å². The van der Waals surface area contributed by atoms with Crippen LogP contribution in [0, 0.1) is 25.2 Å². The number of hydrogen-bond acceptors (Lipinski definition) is 5. The highest BCUT2D eigenvalue weighted by Crippen LogP contribution is 2.24. The zero-order valence-electron chi connectivity index (χ0n) is 11.4. The summed E-state index contributed by atoms with van der Waals surface area (Å²) in [4.78, 5) is 13.8. The Balaban J connectivity index is 2.49. The monoisotopic (exact) mass is 259 g/mol. The highest BCUT2D eigenvalue weighted by Gasteiger charge is 2.31. The van der Waals surface area contributed by atoms with E-state index in [2.05, 4.69) is 21.6 Å². The molecule has 1 aromatic heterocycles. The molecule has 0 spiro atoms. The van der Waals surface area contributed by atoms with Crippen LogP contribution in [0.4, 0.5) is 5.82 Å². The number of hydrogen-bond donors (Lipinski definition) is 1. The summed E-state index contributed by atoms with van der Waals surface area (Å²) >= 11 is 0. The topological polar surface area (TPSA) is 81.9 Å². The Labute approximate surface area is 112 Å². The van der Waals surface area contributed by atoms with Crippen molar-refractivity contribution in [1.82, 2.24) is 15.5 Å². The number of rotatable bonds is 2. The van der Waals surface area contributed by atoms with E-state index in [1.807, 2.05) is 25.7 Å². The van der Waals surface area contributed by atoms with Crippen molar-refractivity contribution < 1.29 is 4.79 Å². The first-order valence-corrected chi connectivity index (χ1v) is 6.38. The number of aryl methyl sites for hydroxylation is 1. The fourth-order valence-corrected chi connectivity index (χ4v) is 2.30. The number of amides is 1. The maximum absolute atomic E-state index is 11.9. The Morgan fingerprint density at radius 1 is 1.47 bits per heavy atom. The third-order valence-electron chi connectivity index (χ3n) is 3.54. The van der Waals surface area contributed by atoms with Crippen LogP contribution in [0.5, 0.6) is 0 Å². The largest absolute Gasteiger partial charge is 0.353 e. The van der Waals surface area contributed by atoms with Crippen molar-refractivity contribution in [2.45, 2.75) is 33.2 Å². The first kappa shape index (κ1) is 13.3. The van der Waals surface area contributed by atoms with Crippen LogP contribution in [0.15, 0.2) is 0 Å². The van der Waals surface area contributed by atoms with Crippen LogP contribution >= 0.6 is 0 Å². The molecule has 1 N–H and O–H groups in total. The second-order valence-corrected chi connectivity index (χ2v) is 4.63. The van der Waals surface area contributed by atoms with E-state index >= 15 is 0 Å². The van der Waals surface area contributed by atoms with Gasteiger partial charge in [-0.25, -0.2) is 0 Å². The Bertz CT molecular complexity index is 549. The molecule has 2 rings (SSSR count). The Morgan fingerprint density at radius 3 is 2.84 bits per heavy atom. The molecule has 1 fully saturated rings. The van der Waals surface area contributed by atoms with Gasteiger partial charge in [0.1, 0.15) is 17.7 Å². The summed E-state index contributed by atoms with van der Waals surface area (Å²) in [5, 5.41) is 20.4. The SMILES string of the molecule is CCC1C(=O)NCCN1c1nnc(C)c(C)c1C#N. The Hall–Kier alpha value is -2.16. The van der Waals surface area contributed by atoms with E-state index in [0.29, 0.717) is 30.9 Å². The summed E-state index contributed by atoms with van der Waals surface area (Å²) in [5.41, 5.74) is 2.09. The summed E-state index contributed by atoms with van der Waals surface area (Å²) in [5.74, 6) is 0.505. The van der Waals surface area contributed by atoms with Gasteiger partial charge in [-0.05, 0) is 25.8 Å². The summed E-state index contributed by atoms with van der Waals surface area (Å²) in [6, 6.07) is 1.91. The van der Waals surface area contributed by atoms with Gasteiger partial charge in [0.2, 0.25) is 5.91 Å². The number of carbonyl (C=O) groups excluding carboxylic acids is 1. The van der Waals surface area contributed by atoms with Gasteiger partial charge in [0.25, 0.3) is 0 Å². The fraction of sp³-hybridized carbons (Fsp3) is 0.538. The van der Waals surface area contributed by atoms with Gasteiger partial charge in [0, 0.05) is 13.1 Å². The smallest absolute Gasteiger partial charge is 0.242 e. The molecule has 100 valence electrons. The summed E-state index contributed by atoms with van der Waals surface area (Å²) in [6.07, 6.45) is 0.672. The van der Waals surface area contributed by atoms with E-state index in [-0.39, 0.29) is 11.9 Å². The average molecular weight is 259 g/mol. The lowest BCUT2D eigenvalue weighted by atomic mass is 10.1. The molecule has 0 bridgehead atoms. The Morgan fingerprint density at radius 2 is 2.21 bits per heavy atom. The van der Waals surface area contributed by atoms with Crippen molar-refractivity contribution in [3.8, 4) is 6.07 Å². The van der Waals surface area contributed by atoms with Crippen LogP contribution in [0.25, 0.3) is 0 Å². The van der Waals surface area contributed by atoms with E-state index < -0.39 is 0 Å². The van der Waals surface area contributed by atoms with E-state index in [0.717, 1.165) is 11.3 Å². The van der Waals surface area contributed by atoms with Crippen molar-refractivity contribution in [2.75, 3.05) is 18.0 Å². The normalized spacial score (nSPS) is 18.9. The third-order valence-corrected chi connectivity index (χ3v) is 3.54. The zero-order chi connectivity index (χ0) is 14.0. The van der Waals surface area contributed by atoms with Crippen molar-refractivity contribution >= 4 is 11.7 Å². The summed E-state index contributed by atoms with van der Waals surface area (Å²) in [6.45, 7) is 6.85. The molecular formula is C13H17N5O. The lowest BCUT2D eigenvalue weighted by Gasteiger charge is -2.35. The van der Waals surface area contributed by atoms with Gasteiger partial charge in [0.05, 0.1) is 5.69 Å². The molecule has 1 aliphatic rings. The number of nitrogens with zero attached hydrogens (tertiary/aromatic N) is 4. The molecule has 1 aliphatic heterocycles. The van der Waals surface area contributed by atoms with Crippen LogP contribution < -0.4 is 10.2 Å². The predicted molar refractivity (Wildman–Crippen MR) is 70.7 cm³/mol. The number of nitriles is 1. The van der Waals surface area contributed by atoms with Gasteiger partial charge in [-0.1, -0.05) is 6.92 Å². The Kier molecular flexibility index (Phi) is 3.65. The van der Waals surface area contributed by atoms with E-state index in [9.17, 15) is 10.1 Å². The van der Waals surface area contributed by atoms with E-state index in [1.165, 1.54) is 0 Å². The minimum Gasteiger partial charge on any atom is -0.353 e. The van der Waals surface area contributed by atoms with Crippen LogP contribution in [-0.4, -0.2) is 35.2 Å². The summed E-state index contributed by atoms with van der Waals surface area (Å²) < 4.78 is 0. The van der Waals surface area contributed by atoms with Gasteiger partial charge in [-0.15, -0.1) is 5.10 Å². The standard InChI is InChI=1S/C13H17N5O/c1-4-11-13(19)15-5-6-18(11)12-10(7-14)8(2)9(3)16-17-12/h11H,4-6H2,1-3H3,(H,15,19).